The normalized spacial score (nSPS) is 11.3. The van der Waals surface area contributed by atoms with Gasteiger partial charge in [0.05, 0.1) is 11.9 Å². The zero-order chi connectivity index (χ0) is 11.5. The monoisotopic (exact) mass is 234 g/mol. The molecule has 3 N–H and O–H groups in total. The second-order valence-electron chi connectivity index (χ2n) is 2.51. The number of primary amides is 1. The highest BCUT2D eigenvalue weighted by Gasteiger charge is 2.21. The van der Waals surface area contributed by atoms with Crippen LogP contribution in [0, 0.1) is 0 Å². The van der Waals surface area contributed by atoms with Crippen LogP contribution in [0.1, 0.15) is 6.92 Å². The van der Waals surface area contributed by atoms with E-state index in [1.165, 1.54) is 19.3 Å². The van der Waals surface area contributed by atoms with Crippen LogP contribution in [0.15, 0.2) is 12.4 Å². The van der Waals surface area contributed by atoms with E-state index in [1.807, 2.05) is 0 Å². The molecule has 84 valence electrons. The third-order valence-electron chi connectivity index (χ3n) is 1.46. The molecule has 0 aliphatic carbocycles. The number of nitrogens with one attached hydrogen (secondary N) is 1. The van der Waals surface area contributed by atoms with Crippen molar-refractivity contribution in [3.8, 4) is 0 Å². The van der Waals surface area contributed by atoms with Gasteiger partial charge in [-0.3, -0.25) is 5.10 Å². The summed E-state index contributed by atoms with van der Waals surface area (Å²) in [6.07, 6.45) is 2.48. The van der Waals surface area contributed by atoms with Gasteiger partial charge in [0.1, 0.15) is 5.69 Å². The molecule has 0 aliphatic rings. The van der Waals surface area contributed by atoms with Crippen LogP contribution in [0.4, 0.5) is 10.5 Å². The van der Waals surface area contributed by atoms with Crippen LogP contribution in [-0.2, 0) is 14.4 Å². The molecule has 0 radical (unpaired) electrons. The molecule has 0 saturated heterocycles. The summed E-state index contributed by atoms with van der Waals surface area (Å²) in [4.78, 5) is 10.9. The maximum absolute atomic E-state index is 11.1. The molecule has 0 saturated carbocycles. The lowest BCUT2D eigenvalue weighted by Gasteiger charge is -2.15. The van der Waals surface area contributed by atoms with Crippen LogP contribution >= 0.6 is 0 Å². The van der Waals surface area contributed by atoms with Gasteiger partial charge in [0.2, 0.25) is 0 Å². The van der Waals surface area contributed by atoms with Crippen molar-refractivity contribution in [2.75, 3.05) is 10.8 Å². The van der Waals surface area contributed by atoms with E-state index in [-0.39, 0.29) is 11.4 Å². The molecule has 1 aromatic heterocycles. The number of anilines is 1. The Hall–Kier alpha value is -1.61. The van der Waals surface area contributed by atoms with Crippen molar-refractivity contribution < 1.29 is 17.5 Å². The van der Waals surface area contributed by atoms with Gasteiger partial charge in [-0.1, -0.05) is 0 Å². The van der Waals surface area contributed by atoms with Gasteiger partial charge in [-0.05, 0) is 6.92 Å². The molecule has 1 heterocycles. The molecule has 0 atom stereocenters. The Morgan fingerprint density at radius 1 is 1.73 bits per heavy atom. The van der Waals surface area contributed by atoms with Gasteiger partial charge in [-0.2, -0.15) is 13.5 Å². The molecule has 15 heavy (non-hydrogen) atoms. The van der Waals surface area contributed by atoms with Crippen molar-refractivity contribution in [3.05, 3.63) is 12.4 Å². The summed E-state index contributed by atoms with van der Waals surface area (Å²) in [6.45, 7) is 1.38. The number of nitrogens with two attached hydrogens (primary N) is 1. The number of carbonyl (C=O) groups is 1. The first kappa shape index (κ1) is 11.5. The van der Waals surface area contributed by atoms with Crippen molar-refractivity contribution in [2.24, 2.45) is 5.73 Å². The molecule has 8 nitrogen and oxygen atoms in total. The lowest BCUT2D eigenvalue weighted by Crippen LogP contribution is -2.38. The number of hydrogen-bond acceptors (Lipinski definition) is 5. The molecule has 0 unspecified atom stereocenters. The van der Waals surface area contributed by atoms with Gasteiger partial charge >= 0.3 is 6.03 Å². The van der Waals surface area contributed by atoms with Crippen molar-refractivity contribution in [1.82, 2.24) is 10.2 Å². The van der Waals surface area contributed by atoms with Gasteiger partial charge in [-0.15, -0.1) is 9.35 Å². The molecule has 0 aromatic carbocycles. The van der Waals surface area contributed by atoms with E-state index in [4.69, 9.17) is 5.73 Å². The van der Waals surface area contributed by atoms with Crippen molar-refractivity contribution in [2.45, 2.75) is 6.92 Å². The highest BCUT2D eigenvalue weighted by molar-refractivity contribution is 7.86. The Balaban J connectivity index is 2.91. The molecule has 2 amide bonds. The molecule has 1 aromatic rings. The van der Waals surface area contributed by atoms with Crippen molar-refractivity contribution >= 4 is 21.8 Å². The fraction of sp³-hybridized carbons (Fsp3) is 0.333. The number of urea groups is 1. The van der Waals surface area contributed by atoms with Crippen LogP contribution in [0.25, 0.3) is 0 Å². The second-order valence-corrected chi connectivity index (χ2v) is 4.35. The summed E-state index contributed by atoms with van der Waals surface area (Å²) >= 11 is 0. The fourth-order valence-electron chi connectivity index (χ4n) is 0.728. The maximum Gasteiger partial charge on any atom is 0.344 e. The summed E-state index contributed by atoms with van der Waals surface area (Å²) in [5.74, 6) is -0.269. The Kier molecular flexibility index (Phi) is 3.27. The largest absolute Gasteiger partial charge is 0.349 e. The van der Waals surface area contributed by atoms with Crippen LogP contribution in [-0.4, -0.2) is 30.4 Å². The quantitative estimate of drug-likeness (QED) is 0.685. The number of aromatic amines is 1. The van der Waals surface area contributed by atoms with Crippen molar-refractivity contribution in [3.63, 3.8) is 0 Å². The molecule has 1 rings (SSSR count). The lowest BCUT2D eigenvalue weighted by molar-refractivity contribution is 0.223. The summed E-state index contributed by atoms with van der Waals surface area (Å²) in [7, 11) is -3.81. The summed E-state index contributed by atoms with van der Waals surface area (Å²) in [5.41, 5.74) is 5.06. The van der Waals surface area contributed by atoms with Gasteiger partial charge in [0.25, 0.3) is 10.1 Å². The summed E-state index contributed by atoms with van der Waals surface area (Å²) in [6, 6.07) is -1.05. The average Bonchev–Trinajstić information content (AvgIpc) is 2.66. The molecular weight excluding hydrogens is 224 g/mol. The minimum absolute atomic E-state index is 0.111. The Bertz CT molecular complexity index is 426. The Morgan fingerprint density at radius 3 is 2.80 bits per heavy atom. The number of rotatable bonds is 4. The third kappa shape index (κ3) is 2.92. The average molecular weight is 234 g/mol. The lowest BCUT2D eigenvalue weighted by atomic mass is 10.6. The first-order chi connectivity index (χ1) is 6.96. The van der Waals surface area contributed by atoms with E-state index in [0.717, 1.165) is 0 Å². The van der Waals surface area contributed by atoms with E-state index >= 15 is 0 Å². The minimum atomic E-state index is -3.81. The number of amides is 2. The predicted octanol–water partition coefficient (Wildman–Crippen LogP) is -0.424. The van der Waals surface area contributed by atoms with E-state index in [0.29, 0.717) is 5.06 Å². The minimum Gasteiger partial charge on any atom is -0.349 e. The SMILES string of the molecule is CCS(=O)(=O)ON(C(N)=O)c1cn[nH]c1. The number of H-pyrrole nitrogens is 1. The van der Waals surface area contributed by atoms with Gasteiger partial charge < -0.3 is 5.73 Å². The van der Waals surface area contributed by atoms with Crippen molar-refractivity contribution in [1.29, 1.82) is 0 Å². The van der Waals surface area contributed by atoms with E-state index in [1.54, 1.807) is 0 Å². The molecule has 0 aliphatic heterocycles. The molecule has 0 bridgehead atoms. The highest BCUT2D eigenvalue weighted by atomic mass is 32.2. The van der Waals surface area contributed by atoms with Gasteiger partial charge in [-0.25, -0.2) is 4.79 Å². The summed E-state index contributed by atoms with van der Waals surface area (Å²) < 4.78 is 26.7. The van der Waals surface area contributed by atoms with Gasteiger partial charge in [0, 0.05) is 6.20 Å². The van der Waals surface area contributed by atoms with E-state index in [9.17, 15) is 13.2 Å². The van der Waals surface area contributed by atoms with Crippen LogP contribution in [0.5, 0.6) is 0 Å². The molecule has 9 heteroatoms. The zero-order valence-corrected chi connectivity index (χ0v) is 8.69. The highest BCUT2D eigenvalue weighted by Crippen LogP contribution is 2.13. The predicted molar refractivity (Wildman–Crippen MR) is 51.2 cm³/mol. The number of nitrogens with zero attached hydrogens (tertiary/aromatic N) is 2. The number of hydroxylamine groups is 1. The van der Waals surface area contributed by atoms with Crippen LogP contribution in [0.2, 0.25) is 0 Å². The smallest absolute Gasteiger partial charge is 0.344 e. The second kappa shape index (κ2) is 4.28. The van der Waals surface area contributed by atoms with Crippen LogP contribution < -0.4 is 10.8 Å². The standard InChI is InChI=1S/C6H10N4O4S/c1-2-15(12,13)14-10(6(7)11)5-3-8-9-4-5/h3-4H,2H2,1H3,(H2,7,11)(H,8,9). The van der Waals surface area contributed by atoms with Gasteiger partial charge in [0.15, 0.2) is 0 Å². The number of carbonyl (C=O) groups excluding carboxylic acids is 1. The molecular formula is C6H10N4O4S. The van der Waals surface area contributed by atoms with E-state index < -0.39 is 16.1 Å². The Labute approximate surface area is 86.1 Å². The summed E-state index contributed by atoms with van der Waals surface area (Å²) in [5, 5.41) is 6.37. The molecule has 0 spiro atoms. The van der Waals surface area contributed by atoms with Crippen LogP contribution in [0.3, 0.4) is 0 Å². The Morgan fingerprint density at radius 2 is 2.40 bits per heavy atom. The first-order valence-electron chi connectivity index (χ1n) is 3.97. The number of aromatic nitrogens is 2. The first-order valence-corrected chi connectivity index (χ1v) is 5.54. The third-order valence-corrected chi connectivity index (χ3v) is 2.54. The topological polar surface area (TPSA) is 118 Å². The fourth-order valence-corrected chi connectivity index (χ4v) is 1.22. The maximum atomic E-state index is 11.1. The zero-order valence-electron chi connectivity index (χ0n) is 7.87. The van der Waals surface area contributed by atoms with E-state index in [2.05, 4.69) is 14.5 Å². The molecule has 0 fully saturated rings. The number of hydrogen-bond donors (Lipinski definition) is 2.